The number of unbranched alkanes of at least 4 members (excludes halogenated alkanes) is 27. The summed E-state index contributed by atoms with van der Waals surface area (Å²) < 4.78 is 0. The molecular weight excluding hydrogens is 517 g/mol. The summed E-state index contributed by atoms with van der Waals surface area (Å²) in [6.07, 6.45) is 45.3. The van der Waals surface area contributed by atoms with Crippen LogP contribution < -0.4 is 0 Å². The molecule has 0 aliphatic heterocycles. The maximum absolute atomic E-state index is 2.33. The third kappa shape index (κ3) is 34.8. The Morgan fingerprint density at radius 2 is 0.564 bits per heavy atom. The van der Waals surface area contributed by atoms with Crippen molar-refractivity contribution in [3.8, 4) is 0 Å². The number of hydrogen-bond acceptors (Lipinski definition) is 0. The lowest BCUT2D eigenvalue weighted by molar-refractivity contribution is 0.560. The molecular formula is C36H80Si3. The molecule has 39 heavy (non-hydrogen) atoms. The van der Waals surface area contributed by atoms with Gasteiger partial charge in [0.25, 0.3) is 0 Å². The highest BCUT2D eigenvalue weighted by Gasteiger charge is 2.11. The molecule has 0 unspecified atom stereocenters. The van der Waals surface area contributed by atoms with Gasteiger partial charge in [0, 0.05) is 25.9 Å². The van der Waals surface area contributed by atoms with Gasteiger partial charge in [-0.05, 0) is 0 Å². The molecule has 0 aliphatic rings. The highest BCUT2D eigenvalue weighted by atomic mass is 29.5. The molecule has 3 heteroatoms. The first-order valence-corrected chi connectivity index (χ1v) is 29.2. The van der Waals surface area contributed by atoms with Gasteiger partial charge in [0.15, 0.2) is 0 Å². The van der Waals surface area contributed by atoms with Crippen LogP contribution in [0.4, 0.5) is 0 Å². The van der Waals surface area contributed by atoms with E-state index in [9.17, 15) is 0 Å². The van der Waals surface area contributed by atoms with Crippen LogP contribution in [0.2, 0.25) is 18.1 Å². The molecule has 0 N–H and O–H groups in total. The Hall–Kier alpha value is 0.651. The quantitative estimate of drug-likeness (QED) is 0.0504. The maximum Gasteiger partial charge on any atom is 0.0210 e. The van der Waals surface area contributed by atoms with E-state index in [0.29, 0.717) is 17.6 Å². The highest BCUT2D eigenvalue weighted by Crippen LogP contribution is 2.17. The summed E-state index contributed by atoms with van der Waals surface area (Å²) in [7, 11) is 0.556. The van der Waals surface area contributed by atoms with E-state index in [1.807, 2.05) is 0 Å². The molecule has 0 radical (unpaired) electrons. The molecule has 0 aromatic rings. The SMILES string of the molecule is CCCCCCCCCCCC[SiH2][SiH2][SiH](CCCCCCCCCCCC)CCCCCCCCCCCC. The van der Waals surface area contributed by atoms with Gasteiger partial charge in [-0.25, -0.2) is 0 Å². The van der Waals surface area contributed by atoms with E-state index in [1.165, 1.54) is 135 Å². The van der Waals surface area contributed by atoms with E-state index in [4.69, 9.17) is 0 Å². The molecule has 0 atom stereocenters. The lowest BCUT2D eigenvalue weighted by Crippen LogP contribution is -2.27. The molecule has 0 bridgehead atoms. The molecule has 0 saturated carbocycles. The molecule has 236 valence electrons. The molecule has 0 aliphatic carbocycles. The number of rotatable bonds is 35. The molecule has 0 heterocycles. The van der Waals surface area contributed by atoms with Gasteiger partial charge in [0.05, 0.1) is 0 Å². The van der Waals surface area contributed by atoms with E-state index < -0.39 is 0 Å². The van der Waals surface area contributed by atoms with Gasteiger partial charge in [-0.2, -0.15) is 0 Å². The third-order valence-corrected chi connectivity index (χ3v) is 32.7. The van der Waals surface area contributed by atoms with Gasteiger partial charge in [-0.15, -0.1) is 0 Å². The third-order valence-electron chi connectivity index (χ3n) is 9.40. The monoisotopic (exact) mass is 597 g/mol. The van der Waals surface area contributed by atoms with E-state index in [2.05, 4.69) is 20.8 Å². The minimum absolute atomic E-state index is 0.274. The van der Waals surface area contributed by atoms with Crippen LogP contribution in [0.5, 0.6) is 0 Å². The van der Waals surface area contributed by atoms with Crippen molar-refractivity contribution in [3.63, 3.8) is 0 Å². The predicted molar refractivity (Wildman–Crippen MR) is 194 cm³/mol. The van der Waals surface area contributed by atoms with Crippen molar-refractivity contribution in [2.24, 2.45) is 0 Å². The van der Waals surface area contributed by atoms with Crippen molar-refractivity contribution in [1.29, 1.82) is 0 Å². The average Bonchev–Trinajstić information content (AvgIpc) is 2.95. The molecule has 0 amide bonds. The van der Waals surface area contributed by atoms with Crippen LogP contribution in [0.1, 0.15) is 213 Å². The standard InChI is InChI=1S/C36H80Si3/c1-4-7-10-13-16-19-22-25-28-31-34-37-38-39(35-32-29-26-23-20-17-14-11-8-5-2)36-33-30-27-24-21-18-15-12-9-6-3/h39H,4-38H2,1-3H3. The first kappa shape index (κ1) is 39.7. The second kappa shape index (κ2) is 36.7. The van der Waals surface area contributed by atoms with Gasteiger partial charge in [0.1, 0.15) is 0 Å². The zero-order valence-electron chi connectivity index (χ0n) is 28.3. The van der Waals surface area contributed by atoms with Crippen LogP contribution in [0.25, 0.3) is 0 Å². The molecule has 0 fully saturated rings. The Balaban J connectivity index is 3.87. The van der Waals surface area contributed by atoms with Crippen molar-refractivity contribution in [3.05, 3.63) is 0 Å². The van der Waals surface area contributed by atoms with Crippen molar-refractivity contribution < 1.29 is 0 Å². The summed E-state index contributed by atoms with van der Waals surface area (Å²) in [5, 5.41) is 0. The summed E-state index contributed by atoms with van der Waals surface area (Å²) in [4.78, 5) is 0. The second-order valence-corrected chi connectivity index (χ2v) is 30.9. The fourth-order valence-corrected chi connectivity index (χ4v) is 30.8. The van der Waals surface area contributed by atoms with E-state index in [0.717, 1.165) is 0 Å². The van der Waals surface area contributed by atoms with Gasteiger partial charge >= 0.3 is 0 Å². The highest BCUT2D eigenvalue weighted by molar-refractivity contribution is 7.35. The zero-order valence-corrected chi connectivity index (χ0v) is 32.3. The second-order valence-electron chi connectivity index (χ2n) is 13.5. The first-order chi connectivity index (χ1) is 19.3. The molecule has 0 saturated heterocycles. The molecule has 0 spiro atoms. The normalized spacial score (nSPS) is 12.3. The molecule has 0 rings (SSSR count). The Morgan fingerprint density at radius 1 is 0.308 bits per heavy atom. The van der Waals surface area contributed by atoms with Crippen LogP contribution in [0.3, 0.4) is 0 Å². The van der Waals surface area contributed by atoms with Crippen molar-refractivity contribution >= 4 is 25.9 Å². The van der Waals surface area contributed by atoms with Gasteiger partial charge in [0.2, 0.25) is 0 Å². The largest absolute Gasteiger partial charge is 0.0654 e. The number of hydrogen-bond donors (Lipinski definition) is 0. The van der Waals surface area contributed by atoms with Crippen molar-refractivity contribution in [1.82, 2.24) is 0 Å². The lowest BCUT2D eigenvalue weighted by atomic mass is 10.1. The van der Waals surface area contributed by atoms with Gasteiger partial charge in [-0.3, -0.25) is 0 Å². The van der Waals surface area contributed by atoms with E-state index in [1.54, 1.807) is 75.9 Å². The molecule has 0 aromatic carbocycles. The topological polar surface area (TPSA) is 0 Å². The summed E-state index contributed by atoms with van der Waals surface area (Å²) in [5.74, 6) is 0. The van der Waals surface area contributed by atoms with Crippen molar-refractivity contribution in [2.45, 2.75) is 232 Å². The Morgan fingerprint density at radius 3 is 0.872 bits per heavy atom. The fourth-order valence-electron chi connectivity index (χ4n) is 6.55. The minimum atomic E-state index is -0.274. The summed E-state index contributed by atoms with van der Waals surface area (Å²) in [6, 6.07) is 5.28. The smallest absolute Gasteiger partial charge is 0.0210 e. The van der Waals surface area contributed by atoms with E-state index >= 15 is 0 Å². The summed E-state index contributed by atoms with van der Waals surface area (Å²) in [6.45, 7) is 6.99. The van der Waals surface area contributed by atoms with Crippen LogP contribution in [-0.4, -0.2) is 25.9 Å². The average molecular weight is 597 g/mol. The van der Waals surface area contributed by atoms with Gasteiger partial charge in [-0.1, -0.05) is 232 Å². The Labute approximate surface area is 256 Å². The van der Waals surface area contributed by atoms with Crippen molar-refractivity contribution in [2.75, 3.05) is 0 Å². The lowest BCUT2D eigenvalue weighted by Gasteiger charge is -2.15. The van der Waals surface area contributed by atoms with E-state index in [-0.39, 0.29) is 8.31 Å². The first-order valence-electron chi connectivity index (χ1n) is 19.3. The summed E-state index contributed by atoms with van der Waals surface area (Å²) in [5.41, 5.74) is 0. The maximum atomic E-state index is 2.33. The van der Waals surface area contributed by atoms with Crippen LogP contribution in [0, 0.1) is 0 Å². The predicted octanol–water partition coefficient (Wildman–Crippen LogP) is 12.1. The zero-order chi connectivity index (χ0) is 28.3. The summed E-state index contributed by atoms with van der Waals surface area (Å²) >= 11 is 0. The van der Waals surface area contributed by atoms with Crippen LogP contribution in [0.15, 0.2) is 0 Å². The Bertz CT molecular complexity index is 390. The minimum Gasteiger partial charge on any atom is -0.0654 e. The molecule has 0 nitrogen and oxygen atoms in total. The van der Waals surface area contributed by atoms with Crippen LogP contribution in [-0.2, 0) is 0 Å². The molecule has 0 aromatic heterocycles. The van der Waals surface area contributed by atoms with Gasteiger partial charge < -0.3 is 0 Å². The Kier molecular flexibility index (Phi) is 37.3. The fraction of sp³-hybridized carbons (Fsp3) is 1.00. The van der Waals surface area contributed by atoms with Crippen LogP contribution >= 0.6 is 0 Å².